The molecule has 2 atom stereocenters. The number of nitrogens with zero attached hydrogens (tertiary/aromatic N) is 1. The number of non-ortho nitro benzene ring substituents is 1. The quantitative estimate of drug-likeness (QED) is 0.135. The normalized spacial score (nSPS) is 13.3. The van der Waals surface area contributed by atoms with E-state index >= 15 is 0 Å². The first-order chi connectivity index (χ1) is 15.6. The van der Waals surface area contributed by atoms with Crippen molar-refractivity contribution in [2.75, 3.05) is 19.8 Å². The summed E-state index contributed by atoms with van der Waals surface area (Å²) in [6.07, 6.45) is 2.60. The molecule has 1 N–H and O–H groups in total. The van der Waals surface area contributed by atoms with Gasteiger partial charge in [0.05, 0.1) is 32.0 Å². The van der Waals surface area contributed by atoms with E-state index in [2.05, 4.69) is 0 Å². The first-order valence-electron chi connectivity index (χ1n) is 10.3. The van der Waals surface area contributed by atoms with Gasteiger partial charge in [0, 0.05) is 22.6 Å². The highest BCUT2D eigenvalue weighted by atomic mass is 35.5. The van der Waals surface area contributed by atoms with Crippen LogP contribution in [0.15, 0.2) is 54.3 Å². The van der Waals surface area contributed by atoms with E-state index in [0.29, 0.717) is 34.6 Å². The smallest absolute Gasteiger partial charge is 0.269 e. The second-order valence-electron chi connectivity index (χ2n) is 8.02. The average molecular weight is 516 g/mol. The Kier molecular flexibility index (Phi) is 10.9. The van der Waals surface area contributed by atoms with Crippen LogP contribution in [0, 0.1) is 15.5 Å². The fraction of sp³-hybridized carbons (Fsp3) is 0.391. The van der Waals surface area contributed by atoms with Crippen LogP contribution in [-0.2, 0) is 9.26 Å². The van der Waals surface area contributed by atoms with Gasteiger partial charge < -0.3 is 19.1 Å². The highest BCUT2D eigenvalue weighted by Gasteiger charge is 2.21. The van der Waals surface area contributed by atoms with Gasteiger partial charge in [0.15, 0.2) is 5.85 Å². The van der Waals surface area contributed by atoms with Crippen molar-refractivity contribution in [1.82, 2.24) is 0 Å². The van der Waals surface area contributed by atoms with Gasteiger partial charge in [-0.25, -0.2) is 0 Å². The first-order valence-corrected chi connectivity index (χ1v) is 12.1. The van der Waals surface area contributed by atoms with E-state index < -0.39 is 16.2 Å². The maximum Gasteiger partial charge on any atom is 0.269 e. The number of hydrogen-bond acceptors (Lipinski definition) is 6. The molecule has 0 aliphatic carbocycles. The van der Waals surface area contributed by atoms with E-state index in [0.717, 1.165) is 5.56 Å². The second kappa shape index (κ2) is 13.1. The molecule has 0 saturated carbocycles. The van der Waals surface area contributed by atoms with E-state index in [9.17, 15) is 15.2 Å². The van der Waals surface area contributed by atoms with Crippen LogP contribution in [0.2, 0.25) is 10.0 Å². The van der Waals surface area contributed by atoms with Gasteiger partial charge in [-0.15, -0.1) is 0 Å². The number of ether oxygens (including phenoxy) is 2. The SMILES string of the molecule is CC/C=C(/COc1ccc(Cl)cc1Cl)OC(POCC(C)(C)CO)c1ccc([N+](=O)[O-])cc1. The molecule has 0 radical (unpaired) electrons. The predicted octanol–water partition coefficient (Wildman–Crippen LogP) is 6.92. The largest absolute Gasteiger partial charge is 0.484 e. The summed E-state index contributed by atoms with van der Waals surface area (Å²) in [5.74, 6) is 0.536. The van der Waals surface area contributed by atoms with Gasteiger partial charge in [-0.3, -0.25) is 10.1 Å². The lowest BCUT2D eigenvalue weighted by Gasteiger charge is -2.25. The van der Waals surface area contributed by atoms with Gasteiger partial charge in [0.1, 0.15) is 18.1 Å². The van der Waals surface area contributed by atoms with Gasteiger partial charge >= 0.3 is 0 Å². The van der Waals surface area contributed by atoms with Crippen LogP contribution in [0.3, 0.4) is 0 Å². The third-order valence-corrected chi connectivity index (χ3v) is 5.96. The highest BCUT2D eigenvalue weighted by Crippen LogP contribution is 2.40. The molecular formula is C23H28Cl2NO6P. The number of aliphatic hydroxyl groups is 1. The molecule has 2 aromatic carbocycles. The Labute approximate surface area is 205 Å². The summed E-state index contributed by atoms with van der Waals surface area (Å²) >= 11 is 12.1. The Hall–Kier alpha value is -1.89. The summed E-state index contributed by atoms with van der Waals surface area (Å²) < 4.78 is 17.9. The van der Waals surface area contributed by atoms with Crippen molar-refractivity contribution in [1.29, 1.82) is 0 Å². The molecular weight excluding hydrogens is 488 g/mol. The number of hydrogen-bond donors (Lipinski definition) is 1. The van der Waals surface area contributed by atoms with Gasteiger partial charge in [0.25, 0.3) is 5.69 Å². The van der Waals surface area contributed by atoms with Crippen molar-refractivity contribution in [3.63, 3.8) is 0 Å². The lowest BCUT2D eigenvalue weighted by atomic mass is 9.97. The van der Waals surface area contributed by atoms with Gasteiger partial charge in [-0.2, -0.15) is 0 Å². The van der Waals surface area contributed by atoms with Crippen LogP contribution >= 0.6 is 32.0 Å². The molecule has 7 nitrogen and oxygen atoms in total. The van der Waals surface area contributed by atoms with E-state index in [1.165, 1.54) is 12.1 Å². The molecule has 10 heteroatoms. The number of nitro groups is 1. The molecule has 180 valence electrons. The van der Waals surface area contributed by atoms with Crippen molar-refractivity contribution < 1.29 is 24.0 Å². The van der Waals surface area contributed by atoms with E-state index in [4.69, 9.17) is 37.2 Å². The van der Waals surface area contributed by atoms with Gasteiger partial charge in [0.2, 0.25) is 0 Å². The average Bonchev–Trinajstić information content (AvgIpc) is 2.77. The number of halogens is 2. The molecule has 0 amide bonds. The zero-order valence-electron chi connectivity index (χ0n) is 18.7. The van der Waals surface area contributed by atoms with Crippen LogP contribution in [0.4, 0.5) is 5.69 Å². The minimum Gasteiger partial charge on any atom is -0.484 e. The Morgan fingerprint density at radius 3 is 2.52 bits per heavy atom. The van der Waals surface area contributed by atoms with Crippen LogP contribution in [0.5, 0.6) is 5.75 Å². The highest BCUT2D eigenvalue weighted by molar-refractivity contribution is 7.32. The minimum absolute atomic E-state index is 0.00629. The molecule has 0 aliphatic rings. The van der Waals surface area contributed by atoms with Crippen LogP contribution < -0.4 is 4.74 Å². The first kappa shape index (κ1) is 27.4. The van der Waals surface area contributed by atoms with Crippen LogP contribution in [0.1, 0.15) is 38.6 Å². The Bertz CT molecular complexity index is 952. The summed E-state index contributed by atoms with van der Waals surface area (Å²) in [6.45, 7) is 6.21. The molecule has 0 bridgehead atoms. The second-order valence-corrected chi connectivity index (χ2v) is 9.91. The lowest BCUT2D eigenvalue weighted by Crippen LogP contribution is -2.22. The number of rotatable bonds is 13. The van der Waals surface area contributed by atoms with Crippen molar-refractivity contribution >= 4 is 37.7 Å². The predicted molar refractivity (Wildman–Crippen MR) is 132 cm³/mol. The molecule has 0 spiro atoms. The van der Waals surface area contributed by atoms with Crippen LogP contribution in [-0.4, -0.2) is 29.9 Å². The summed E-state index contributed by atoms with van der Waals surface area (Å²) in [4.78, 5) is 10.6. The standard InChI is InChI=1S/C23H28Cl2NO6P/c1-4-5-19(13-30-21-11-8-17(24)12-20(21)25)32-22(33-31-15-23(2,3)14-27)16-6-9-18(10-7-16)26(28)29/h5-12,22,27,33H,4,13-15H2,1-3H3/b19-5-. The third-order valence-electron chi connectivity index (χ3n) is 4.45. The Balaban J connectivity index is 2.17. The van der Waals surface area contributed by atoms with Crippen molar-refractivity contribution in [3.05, 3.63) is 80.0 Å². The number of benzene rings is 2. The van der Waals surface area contributed by atoms with Crippen molar-refractivity contribution in [3.8, 4) is 5.75 Å². The zero-order chi connectivity index (χ0) is 24.4. The van der Waals surface area contributed by atoms with E-state index in [1.807, 2.05) is 26.8 Å². The maximum atomic E-state index is 11.0. The van der Waals surface area contributed by atoms with E-state index in [-0.39, 0.29) is 27.7 Å². The molecule has 2 unspecified atom stereocenters. The molecule has 0 heterocycles. The number of nitro benzene ring substituents is 1. The summed E-state index contributed by atoms with van der Waals surface area (Å²) in [7, 11) is -0.110. The Morgan fingerprint density at radius 2 is 1.94 bits per heavy atom. The minimum atomic E-state index is -0.512. The number of allylic oxidation sites excluding steroid dienone is 1. The lowest BCUT2D eigenvalue weighted by molar-refractivity contribution is -0.384. The van der Waals surface area contributed by atoms with Crippen molar-refractivity contribution in [2.45, 2.75) is 33.0 Å². The molecule has 0 aliphatic heterocycles. The third kappa shape index (κ3) is 9.11. The van der Waals surface area contributed by atoms with Gasteiger partial charge in [-0.05, 0) is 48.4 Å². The molecule has 2 rings (SSSR count). The monoisotopic (exact) mass is 515 g/mol. The number of aliphatic hydroxyl groups excluding tert-OH is 1. The van der Waals surface area contributed by atoms with Gasteiger partial charge in [-0.1, -0.05) is 44.0 Å². The molecule has 0 aromatic heterocycles. The summed E-state index contributed by atoms with van der Waals surface area (Å²) in [6, 6.07) is 11.1. The topological polar surface area (TPSA) is 91.1 Å². The molecule has 0 fully saturated rings. The van der Waals surface area contributed by atoms with E-state index in [1.54, 1.807) is 30.3 Å². The van der Waals surface area contributed by atoms with Crippen molar-refractivity contribution in [2.24, 2.45) is 5.41 Å². The molecule has 2 aromatic rings. The summed E-state index contributed by atoms with van der Waals surface area (Å²) in [5.41, 5.74) is 0.323. The summed E-state index contributed by atoms with van der Waals surface area (Å²) in [5, 5.41) is 21.4. The fourth-order valence-electron chi connectivity index (χ4n) is 2.55. The maximum absolute atomic E-state index is 11.0. The molecule has 33 heavy (non-hydrogen) atoms. The zero-order valence-corrected chi connectivity index (χ0v) is 21.2. The Morgan fingerprint density at radius 1 is 1.24 bits per heavy atom. The molecule has 0 saturated heterocycles. The van der Waals surface area contributed by atoms with Crippen LogP contribution in [0.25, 0.3) is 0 Å². The fourth-order valence-corrected chi connectivity index (χ4v) is 4.17.